The highest BCUT2D eigenvalue weighted by atomic mass is 32.1. The minimum atomic E-state index is 0.716. The first-order valence-corrected chi connectivity index (χ1v) is 15.9. The van der Waals surface area contributed by atoms with Gasteiger partial charge in [0.1, 0.15) is 11.6 Å². The number of thiophene rings is 1. The normalized spacial score (nSPS) is 11.2. The molecule has 0 amide bonds. The maximum atomic E-state index is 5.88. The Kier molecular flexibility index (Phi) is 7.66. The average molecular weight is 607 g/mol. The molecule has 4 aromatic carbocycles. The molecule has 0 atom stereocenters. The van der Waals surface area contributed by atoms with Crippen LogP contribution >= 0.6 is 11.3 Å². The van der Waals surface area contributed by atoms with Crippen molar-refractivity contribution in [2.75, 3.05) is 38.1 Å². The van der Waals surface area contributed by atoms with Crippen LogP contribution in [-0.2, 0) is 6.42 Å². The van der Waals surface area contributed by atoms with Gasteiger partial charge in [-0.25, -0.2) is 9.97 Å². The molecule has 222 valence electrons. The Bertz CT molecular complexity index is 2140. The van der Waals surface area contributed by atoms with Crippen LogP contribution in [0.3, 0.4) is 0 Å². The van der Waals surface area contributed by atoms with Crippen LogP contribution in [0.15, 0.2) is 121 Å². The van der Waals surface area contributed by atoms with Crippen molar-refractivity contribution in [3.8, 4) is 27.6 Å². The van der Waals surface area contributed by atoms with Gasteiger partial charge in [0.15, 0.2) is 0 Å². The van der Waals surface area contributed by atoms with Gasteiger partial charge < -0.3 is 14.5 Å². The smallest absolute Gasteiger partial charge is 0.141 e. The molecule has 6 heteroatoms. The lowest BCUT2D eigenvalue weighted by Gasteiger charge is -2.23. The largest absolute Gasteiger partial charge is 0.496 e. The van der Waals surface area contributed by atoms with Crippen LogP contribution in [0.2, 0.25) is 0 Å². The number of fused-ring (bicyclic) bond motifs is 2. The number of methoxy groups -OCH3 is 1. The summed E-state index contributed by atoms with van der Waals surface area (Å²) in [7, 11) is 8.00. The summed E-state index contributed by atoms with van der Waals surface area (Å²) in [6.45, 7) is 0. The Morgan fingerprint density at radius 3 is 2.24 bits per heavy atom. The minimum Gasteiger partial charge on any atom is -0.496 e. The highest BCUT2D eigenvalue weighted by molar-refractivity contribution is 7.13. The van der Waals surface area contributed by atoms with Gasteiger partial charge in [0.2, 0.25) is 0 Å². The zero-order valence-electron chi connectivity index (χ0n) is 25.9. The van der Waals surface area contributed by atoms with E-state index >= 15 is 0 Å². The Morgan fingerprint density at radius 1 is 0.689 bits per heavy atom. The molecule has 3 heterocycles. The number of para-hydroxylation sites is 1. The average Bonchev–Trinajstić information content (AvgIpc) is 3.55. The van der Waals surface area contributed by atoms with Gasteiger partial charge in [-0.1, -0.05) is 72.8 Å². The van der Waals surface area contributed by atoms with Crippen molar-refractivity contribution < 1.29 is 4.74 Å². The Balaban J connectivity index is 1.28. The second kappa shape index (κ2) is 12.1. The van der Waals surface area contributed by atoms with Gasteiger partial charge in [0, 0.05) is 60.8 Å². The van der Waals surface area contributed by atoms with E-state index in [0.717, 1.165) is 67.1 Å². The maximum absolute atomic E-state index is 5.88. The first-order valence-electron chi connectivity index (χ1n) is 15.0. The van der Waals surface area contributed by atoms with E-state index in [0.29, 0.717) is 6.42 Å². The Labute approximate surface area is 268 Å². The molecule has 5 nitrogen and oxygen atoms in total. The van der Waals surface area contributed by atoms with Gasteiger partial charge in [-0.2, -0.15) is 0 Å². The molecule has 0 aliphatic carbocycles. The molecule has 0 saturated heterocycles. The van der Waals surface area contributed by atoms with Crippen LogP contribution in [0.5, 0.6) is 5.75 Å². The van der Waals surface area contributed by atoms with E-state index in [1.54, 1.807) is 18.4 Å². The van der Waals surface area contributed by atoms with Crippen molar-refractivity contribution in [3.05, 3.63) is 132 Å². The third-order valence-corrected chi connectivity index (χ3v) is 9.27. The number of hydrogen-bond acceptors (Lipinski definition) is 6. The molecule has 0 aliphatic heterocycles. The number of hydrogen-bond donors (Lipinski definition) is 0. The zero-order chi connectivity index (χ0) is 30.9. The van der Waals surface area contributed by atoms with Crippen molar-refractivity contribution in [2.45, 2.75) is 6.42 Å². The number of rotatable bonds is 8. The van der Waals surface area contributed by atoms with Crippen molar-refractivity contribution in [3.63, 3.8) is 0 Å². The molecule has 0 spiro atoms. The van der Waals surface area contributed by atoms with Crippen LogP contribution in [-0.4, -0.2) is 38.2 Å². The number of nitrogens with zero attached hydrogens (tertiary/aromatic N) is 4. The van der Waals surface area contributed by atoms with Crippen LogP contribution in [0, 0.1) is 0 Å². The summed E-state index contributed by atoms with van der Waals surface area (Å²) in [5, 5.41) is 5.57. The van der Waals surface area contributed by atoms with Crippen LogP contribution in [0.25, 0.3) is 43.5 Å². The van der Waals surface area contributed by atoms with E-state index in [9.17, 15) is 0 Å². The highest BCUT2D eigenvalue weighted by Crippen LogP contribution is 2.38. The second-order valence-corrected chi connectivity index (χ2v) is 12.3. The topological polar surface area (TPSA) is 41.5 Å². The van der Waals surface area contributed by atoms with E-state index in [2.05, 4.69) is 139 Å². The maximum Gasteiger partial charge on any atom is 0.141 e. The molecular formula is C39H34N4OS. The van der Waals surface area contributed by atoms with Gasteiger partial charge >= 0.3 is 0 Å². The summed E-state index contributed by atoms with van der Waals surface area (Å²) in [5.74, 6) is 1.77. The third kappa shape index (κ3) is 5.49. The lowest BCUT2D eigenvalue weighted by Crippen LogP contribution is -2.13. The van der Waals surface area contributed by atoms with Gasteiger partial charge in [-0.3, -0.25) is 0 Å². The van der Waals surface area contributed by atoms with Gasteiger partial charge in [-0.15, -0.1) is 11.3 Å². The molecular weight excluding hydrogens is 573 g/mol. The fraction of sp³-hybridized carbons (Fsp3) is 0.128. The second-order valence-electron chi connectivity index (χ2n) is 11.4. The molecule has 0 radical (unpaired) electrons. The molecule has 7 aromatic rings. The third-order valence-electron chi connectivity index (χ3n) is 8.30. The number of aromatic nitrogens is 2. The van der Waals surface area contributed by atoms with Crippen molar-refractivity contribution in [2.24, 2.45) is 0 Å². The van der Waals surface area contributed by atoms with Crippen LogP contribution in [0.4, 0.5) is 17.2 Å². The fourth-order valence-corrected chi connectivity index (χ4v) is 6.86. The molecule has 45 heavy (non-hydrogen) atoms. The predicted octanol–water partition coefficient (Wildman–Crippen LogP) is 9.61. The first kappa shape index (κ1) is 28.6. The number of ether oxygens (including phenoxy) is 1. The Hall–Kier alpha value is -5.20. The number of benzene rings is 4. The van der Waals surface area contributed by atoms with Crippen molar-refractivity contribution in [1.82, 2.24) is 9.97 Å². The molecule has 0 aliphatic rings. The SMILES string of the molecule is COc1ccc(N(C)c2nc(-c3ccccc3)cc3ccccc23)cc1Cc1ccsc1-c1cc(N(C)C)c2ccccc2n1. The zero-order valence-corrected chi connectivity index (χ0v) is 26.7. The van der Waals surface area contributed by atoms with Crippen LogP contribution in [0.1, 0.15) is 11.1 Å². The monoisotopic (exact) mass is 606 g/mol. The molecule has 0 N–H and O–H groups in total. The quantitative estimate of drug-likeness (QED) is 0.172. The molecule has 0 bridgehead atoms. The Morgan fingerprint density at radius 2 is 1.44 bits per heavy atom. The predicted molar refractivity (Wildman–Crippen MR) is 190 cm³/mol. The van der Waals surface area contributed by atoms with Gasteiger partial charge in [-0.05, 0) is 58.8 Å². The van der Waals surface area contributed by atoms with E-state index < -0.39 is 0 Å². The number of anilines is 3. The van der Waals surface area contributed by atoms with E-state index in [-0.39, 0.29) is 0 Å². The summed E-state index contributed by atoms with van der Waals surface area (Å²) in [5.41, 5.74) is 8.57. The van der Waals surface area contributed by atoms with Gasteiger partial charge in [0.25, 0.3) is 0 Å². The van der Waals surface area contributed by atoms with Crippen molar-refractivity contribution >= 4 is 50.2 Å². The van der Waals surface area contributed by atoms with E-state index in [4.69, 9.17) is 14.7 Å². The first-order chi connectivity index (χ1) is 22.0. The van der Waals surface area contributed by atoms with Gasteiger partial charge in [0.05, 0.1) is 28.9 Å². The molecule has 0 fully saturated rings. The standard InChI is InChI=1S/C39H34N4OS/c1-42(2)36-25-35(40-33-17-11-10-16-32(33)36)38-28(20-21-45-38)22-29-23-30(18-19-37(29)44-4)43(3)39-31-15-9-8-14-27(31)24-34(41-39)26-12-6-5-7-13-26/h5-21,23-25H,22H2,1-4H3. The number of pyridine rings is 2. The molecule has 0 saturated carbocycles. The summed E-state index contributed by atoms with van der Waals surface area (Å²) in [6.07, 6.45) is 0.716. The van der Waals surface area contributed by atoms with Crippen molar-refractivity contribution in [1.29, 1.82) is 0 Å². The highest BCUT2D eigenvalue weighted by Gasteiger charge is 2.18. The minimum absolute atomic E-state index is 0.716. The summed E-state index contributed by atoms with van der Waals surface area (Å²) in [6, 6.07) is 40.1. The summed E-state index contributed by atoms with van der Waals surface area (Å²) < 4.78 is 5.88. The summed E-state index contributed by atoms with van der Waals surface area (Å²) in [4.78, 5) is 15.8. The molecule has 3 aromatic heterocycles. The van der Waals surface area contributed by atoms with Crippen LogP contribution < -0.4 is 14.5 Å². The van der Waals surface area contributed by atoms with E-state index in [1.165, 1.54) is 10.4 Å². The summed E-state index contributed by atoms with van der Waals surface area (Å²) >= 11 is 1.73. The fourth-order valence-electron chi connectivity index (χ4n) is 5.98. The molecule has 7 rings (SSSR count). The lowest BCUT2D eigenvalue weighted by molar-refractivity contribution is 0.410. The van der Waals surface area contributed by atoms with E-state index in [1.807, 2.05) is 12.1 Å². The lowest BCUT2D eigenvalue weighted by atomic mass is 10.0. The molecule has 0 unspecified atom stereocenters.